The molecule has 0 aliphatic carbocycles. The summed E-state index contributed by atoms with van der Waals surface area (Å²) in [6.45, 7) is 9.96. The molecule has 152 valence electrons. The third kappa shape index (κ3) is 5.56. The van der Waals surface area contributed by atoms with Gasteiger partial charge in [0.2, 0.25) is 0 Å². The van der Waals surface area contributed by atoms with Crippen molar-refractivity contribution in [2.45, 2.75) is 33.2 Å². The average molecular weight is 386 g/mol. The van der Waals surface area contributed by atoms with Crippen molar-refractivity contribution >= 4 is 6.03 Å². The van der Waals surface area contributed by atoms with Gasteiger partial charge in [-0.2, -0.15) is 5.10 Å². The molecule has 3 rings (SSSR count). The van der Waals surface area contributed by atoms with Gasteiger partial charge in [-0.05, 0) is 45.4 Å². The number of rotatable bonds is 8. The normalized spacial score (nSPS) is 14.8. The molecule has 2 amide bonds. The fourth-order valence-electron chi connectivity index (χ4n) is 3.47. The number of aryl methyl sites for hydroxylation is 1. The molecular weight excluding hydrogens is 354 g/mol. The maximum atomic E-state index is 12.1. The highest BCUT2D eigenvalue weighted by Gasteiger charge is 2.13. The SMILES string of the molecule is Cc1nn(-c2ccccc2)c(C)c1CNC(=O)NCCCCN1CCOCC1. The second-order valence-corrected chi connectivity index (χ2v) is 7.17. The lowest BCUT2D eigenvalue weighted by Crippen LogP contribution is -2.38. The molecule has 7 nitrogen and oxygen atoms in total. The number of urea groups is 1. The Kier molecular flexibility index (Phi) is 7.45. The molecule has 1 fully saturated rings. The van der Waals surface area contributed by atoms with Crippen LogP contribution in [0.2, 0.25) is 0 Å². The number of benzene rings is 1. The minimum atomic E-state index is -0.127. The molecule has 2 heterocycles. The predicted molar refractivity (Wildman–Crippen MR) is 110 cm³/mol. The van der Waals surface area contributed by atoms with Crippen molar-refractivity contribution < 1.29 is 9.53 Å². The predicted octanol–water partition coefficient (Wildman–Crippen LogP) is 2.40. The zero-order chi connectivity index (χ0) is 19.8. The molecule has 1 aromatic carbocycles. The summed E-state index contributed by atoms with van der Waals surface area (Å²) in [6.07, 6.45) is 2.07. The summed E-state index contributed by atoms with van der Waals surface area (Å²) in [4.78, 5) is 14.5. The molecule has 0 radical (unpaired) electrons. The van der Waals surface area contributed by atoms with Crippen LogP contribution >= 0.6 is 0 Å². The Morgan fingerprint density at radius 3 is 2.61 bits per heavy atom. The van der Waals surface area contributed by atoms with Crippen molar-refractivity contribution in [3.63, 3.8) is 0 Å². The van der Waals surface area contributed by atoms with Gasteiger partial charge < -0.3 is 15.4 Å². The van der Waals surface area contributed by atoms with E-state index in [1.807, 2.05) is 48.9 Å². The number of morpholine rings is 1. The molecule has 7 heteroatoms. The van der Waals surface area contributed by atoms with Gasteiger partial charge in [0.1, 0.15) is 0 Å². The first kappa shape index (κ1) is 20.4. The second kappa shape index (κ2) is 10.2. The average Bonchev–Trinajstić information content (AvgIpc) is 3.01. The second-order valence-electron chi connectivity index (χ2n) is 7.17. The highest BCUT2D eigenvalue weighted by molar-refractivity contribution is 5.73. The number of nitrogens with one attached hydrogen (secondary N) is 2. The summed E-state index contributed by atoms with van der Waals surface area (Å²) in [5.74, 6) is 0. The number of hydrogen-bond acceptors (Lipinski definition) is 4. The molecule has 2 N–H and O–H groups in total. The summed E-state index contributed by atoms with van der Waals surface area (Å²) in [6, 6.07) is 9.91. The van der Waals surface area contributed by atoms with Crippen LogP contribution in [0.5, 0.6) is 0 Å². The van der Waals surface area contributed by atoms with Crippen molar-refractivity contribution in [2.24, 2.45) is 0 Å². The fraction of sp³-hybridized carbons (Fsp3) is 0.524. The van der Waals surface area contributed by atoms with Crippen molar-refractivity contribution in [2.75, 3.05) is 39.4 Å². The van der Waals surface area contributed by atoms with E-state index >= 15 is 0 Å². The lowest BCUT2D eigenvalue weighted by atomic mass is 10.2. The van der Waals surface area contributed by atoms with Crippen LogP contribution < -0.4 is 10.6 Å². The summed E-state index contributed by atoms with van der Waals surface area (Å²) < 4.78 is 7.28. The Morgan fingerprint density at radius 1 is 1.11 bits per heavy atom. The smallest absolute Gasteiger partial charge is 0.315 e. The summed E-state index contributed by atoms with van der Waals surface area (Å²) in [5.41, 5.74) is 4.08. The molecule has 2 aromatic rings. The number of ether oxygens (including phenoxy) is 1. The van der Waals surface area contributed by atoms with Crippen LogP contribution in [0.1, 0.15) is 29.8 Å². The number of aromatic nitrogens is 2. The van der Waals surface area contributed by atoms with Gasteiger partial charge in [0, 0.05) is 37.4 Å². The van der Waals surface area contributed by atoms with E-state index in [-0.39, 0.29) is 6.03 Å². The van der Waals surface area contributed by atoms with Gasteiger partial charge in [-0.3, -0.25) is 4.90 Å². The fourth-order valence-corrected chi connectivity index (χ4v) is 3.47. The first-order valence-corrected chi connectivity index (χ1v) is 10.1. The number of amides is 2. The number of carbonyl (C=O) groups excluding carboxylic acids is 1. The van der Waals surface area contributed by atoms with Gasteiger partial charge in [0.15, 0.2) is 0 Å². The van der Waals surface area contributed by atoms with E-state index in [1.165, 1.54) is 0 Å². The highest BCUT2D eigenvalue weighted by atomic mass is 16.5. The highest BCUT2D eigenvalue weighted by Crippen LogP contribution is 2.17. The molecule has 1 aromatic heterocycles. The van der Waals surface area contributed by atoms with Crippen molar-refractivity contribution in [3.05, 3.63) is 47.3 Å². The van der Waals surface area contributed by atoms with E-state index in [2.05, 4.69) is 20.6 Å². The molecular formula is C21H31N5O2. The molecule has 1 saturated heterocycles. The first-order valence-electron chi connectivity index (χ1n) is 10.1. The Morgan fingerprint density at radius 2 is 1.86 bits per heavy atom. The van der Waals surface area contributed by atoms with E-state index in [0.717, 1.165) is 68.3 Å². The van der Waals surface area contributed by atoms with Crippen molar-refractivity contribution in [1.29, 1.82) is 0 Å². The van der Waals surface area contributed by atoms with Crippen molar-refractivity contribution in [1.82, 2.24) is 25.3 Å². The standard InChI is InChI=1S/C21H31N5O2/c1-17-20(18(2)26(24-17)19-8-4-3-5-9-19)16-23-21(27)22-10-6-7-11-25-12-14-28-15-13-25/h3-5,8-9H,6-7,10-16H2,1-2H3,(H2,22,23,27). The quantitative estimate of drug-likeness (QED) is 0.685. The van der Waals surface area contributed by atoms with Crippen molar-refractivity contribution in [3.8, 4) is 5.69 Å². The lowest BCUT2D eigenvalue weighted by Gasteiger charge is -2.26. The maximum absolute atomic E-state index is 12.1. The van der Waals surface area contributed by atoms with Crippen LogP contribution in [-0.4, -0.2) is 60.1 Å². The van der Waals surface area contributed by atoms with E-state index < -0.39 is 0 Å². The Labute approximate surface area is 167 Å². The largest absolute Gasteiger partial charge is 0.379 e. The zero-order valence-electron chi connectivity index (χ0n) is 16.9. The topological polar surface area (TPSA) is 71.4 Å². The number of hydrogen-bond donors (Lipinski definition) is 2. The van der Waals surface area contributed by atoms with Gasteiger partial charge >= 0.3 is 6.03 Å². The van der Waals surface area contributed by atoms with Crippen LogP contribution in [0.25, 0.3) is 5.69 Å². The number of nitrogens with zero attached hydrogens (tertiary/aromatic N) is 3. The third-order valence-corrected chi connectivity index (χ3v) is 5.16. The molecule has 28 heavy (non-hydrogen) atoms. The van der Waals surface area contributed by atoms with Gasteiger partial charge in [-0.25, -0.2) is 9.48 Å². The minimum Gasteiger partial charge on any atom is -0.379 e. The monoisotopic (exact) mass is 385 g/mol. The first-order chi connectivity index (χ1) is 13.6. The molecule has 1 aliphatic heterocycles. The van der Waals surface area contributed by atoms with Gasteiger partial charge in [0.05, 0.1) is 24.6 Å². The summed E-state index contributed by atoms with van der Waals surface area (Å²) in [7, 11) is 0. The van der Waals surface area contributed by atoms with Crippen LogP contribution in [0.3, 0.4) is 0 Å². The summed E-state index contributed by atoms with van der Waals surface area (Å²) >= 11 is 0. The molecule has 0 spiro atoms. The van der Waals surface area contributed by atoms with Gasteiger partial charge in [0.25, 0.3) is 0 Å². The van der Waals surface area contributed by atoms with E-state index in [0.29, 0.717) is 13.1 Å². The van der Waals surface area contributed by atoms with E-state index in [9.17, 15) is 4.79 Å². The number of carbonyl (C=O) groups is 1. The third-order valence-electron chi connectivity index (χ3n) is 5.16. The van der Waals surface area contributed by atoms with Crippen LogP contribution in [0.4, 0.5) is 4.79 Å². The Bertz CT molecular complexity index is 754. The van der Waals surface area contributed by atoms with Crippen LogP contribution in [0.15, 0.2) is 30.3 Å². The number of unbranched alkanes of at least 4 members (excludes halogenated alkanes) is 1. The van der Waals surface area contributed by atoms with E-state index in [4.69, 9.17) is 4.74 Å². The Hall–Kier alpha value is -2.38. The van der Waals surface area contributed by atoms with Crippen LogP contribution in [0, 0.1) is 13.8 Å². The minimum absolute atomic E-state index is 0.127. The van der Waals surface area contributed by atoms with Gasteiger partial charge in [-0.1, -0.05) is 18.2 Å². The molecule has 0 unspecified atom stereocenters. The molecule has 0 bridgehead atoms. The maximum Gasteiger partial charge on any atom is 0.315 e. The molecule has 1 aliphatic rings. The zero-order valence-corrected chi connectivity index (χ0v) is 16.9. The Balaban J connectivity index is 1.39. The molecule has 0 atom stereocenters. The number of para-hydroxylation sites is 1. The van der Waals surface area contributed by atoms with Gasteiger partial charge in [-0.15, -0.1) is 0 Å². The van der Waals surface area contributed by atoms with Crippen LogP contribution in [-0.2, 0) is 11.3 Å². The lowest BCUT2D eigenvalue weighted by molar-refractivity contribution is 0.0372. The van der Waals surface area contributed by atoms with E-state index in [1.54, 1.807) is 0 Å². The molecule has 0 saturated carbocycles. The summed E-state index contributed by atoms with van der Waals surface area (Å²) in [5, 5.41) is 10.5.